The van der Waals surface area contributed by atoms with E-state index in [1.54, 1.807) is 22.8 Å². The van der Waals surface area contributed by atoms with Crippen LogP contribution in [0.3, 0.4) is 0 Å². The fourth-order valence-corrected chi connectivity index (χ4v) is 3.88. The van der Waals surface area contributed by atoms with Gasteiger partial charge in [0, 0.05) is 31.4 Å². The van der Waals surface area contributed by atoms with Crippen molar-refractivity contribution in [3.05, 3.63) is 62.5 Å². The van der Waals surface area contributed by atoms with Crippen LogP contribution in [0, 0.1) is 20.8 Å². The number of aromatic nitrogens is 2. The van der Waals surface area contributed by atoms with Crippen molar-refractivity contribution in [2.45, 2.75) is 40.3 Å². The lowest BCUT2D eigenvalue weighted by atomic mass is 10.1. The SMILES string of the molecule is Cc1ccc(CN(C)C(=O)CCn2cnc3sc(C)c(C)c3c2=O)cc1. The molecule has 6 heteroatoms. The molecule has 3 aromatic rings. The monoisotopic (exact) mass is 369 g/mol. The van der Waals surface area contributed by atoms with Crippen LogP contribution in [-0.4, -0.2) is 27.4 Å². The summed E-state index contributed by atoms with van der Waals surface area (Å²) in [5.74, 6) is 0.00999. The van der Waals surface area contributed by atoms with Crippen LogP contribution in [0.15, 0.2) is 35.4 Å². The van der Waals surface area contributed by atoms with Crippen molar-refractivity contribution in [3.63, 3.8) is 0 Å². The highest BCUT2D eigenvalue weighted by molar-refractivity contribution is 7.18. The number of benzene rings is 1. The fourth-order valence-electron chi connectivity index (χ4n) is 2.89. The Labute approximate surface area is 156 Å². The van der Waals surface area contributed by atoms with Crippen LogP contribution in [0.5, 0.6) is 0 Å². The van der Waals surface area contributed by atoms with Crippen LogP contribution in [0.1, 0.15) is 28.0 Å². The molecule has 5 nitrogen and oxygen atoms in total. The molecular weight excluding hydrogens is 346 g/mol. The Morgan fingerprint density at radius 3 is 2.58 bits per heavy atom. The molecule has 26 heavy (non-hydrogen) atoms. The summed E-state index contributed by atoms with van der Waals surface area (Å²) < 4.78 is 1.54. The van der Waals surface area contributed by atoms with Crippen LogP contribution in [0.2, 0.25) is 0 Å². The van der Waals surface area contributed by atoms with Gasteiger partial charge in [-0.05, 0) is 31.9 Å². The van der Waals surface area contributed by atoms with E-state index in [-0.39, 0.29) is 17.9 Å². The highest BCUT2D eigenvalue weighted by atomic mass is 32.1. The molecule has 2 heterocycles. The van der Waals surface area contributed by atoms with Gasteiger partial charge in [-0.1, -0.05) is 29.8 Å². The summed E-state index contributed by atoms with van der Waals surface area (Å²) in [7, 11) is 1.79. The minimum atomic E-state index is -0.0640. The molecule has 3 rings (SSSR count). The Kier molecular flexibility index (Phi) is 5.23. The summed E-state index contributed by atoms with van der Waals surface area (Å²) in [6.07, 6.45) is 1.82. The molecular formula is C20H23N3O2S. The average molecular weight is 369 g/mol. The molecule has 0 atom stereocenters. The number of hydrogen-bond donors (Lipinski definition) is 0. The van der Waals surface area contributed by atoms with Crippen LogP contribution in [0.25, 0.3) is 10.2 Å². The molecule has 2 aromatic heterocycles. The lowest BCUT2D eigenvalue weighted by molar-refractivity contribution is -0.130. The van der Waals surface area contributed by atoms with Gasteiger partial charge in [-0.25, -0.2) is 4.98 Å². The molecule has 0 aliphatic carbocycles. The third kappa shape index (κ3) is 3.70. The van der Waals surface area contributed by atoms with Crippen LogP contribution < -0.4 is 5.56 Å². The number of fused-ring (bicyclic) bond motifs is 1. The van der Waals surface area contributed by atoms with Crippen molar-refractivity contribution in [3.8, 4) is 0 Å². The molecule has 0 saturated carbocycles. The second-order valence-electron chi connectivity index (χ2n) is 6.69. The van der Waals surface area contributed by atoms with E-state index in [9.17, 15) is 9.59 Å². The Balaban J connectivity index is 1.68. The van der Waals surface area contributed by atoms with Crippen molar-refractivity contribution < 1.29 is 4.79 Å². The number of carbonyl (C=O) groups is 1. The first-order valence-electron chi connectivity index (χ1n) is 8.61. The quantitative estimate of drug-likeness (QED) is 0.692. The summed E-state index contributed by atoms with van der Waals surface area (Å²) in [5.41, 5.74) is 3.21. The van der Waals surface area contributed by atoms with Gasteiger partial charge in [0.2, 0.25) is 5.91 Å². The molecule has 0 unspecified atom stereocenters. The Morgan fingerprint density at radius 1 is 1.19 bits per heavy atom. The van der Waals surface area contributed by atoms with Crippen molar-refractivity contribution >= 4 is 27.5 Å². The highest BCUT2D eigenvalue weighted by Crippen LogP contribution is 2.25. The lowest BCUT2D eigenvalue weighted by Crippen LogP contribution is -2.29. The van der Waals surface area contributed by atoms with E-state index < -0.39 is 0 Å². The minimum absolute atomic E-state index is 0.00999. The molecule has 0 radical (unpaired) electrons. The van der Waals surface area contributed by atoms with Gasteiger partial charge in [-0.2, -0.15) is 0 Å². The van der Waals surface area contributed by atoms with E-state index in [2.05, 4.69) is 4.98 Å². The summed E-state index contributed by atoms with van der Waals surface area (Å²) in [6.45, 7) is 6.89. The van der Waals surface area contributed by atoms with Crippen LogP contribution in [-0.2, 0) is 17.9 Å². The topological polar surface area (TPSA) is 55.2 Å². The Morgan fingerprint density at radius 2 is 1.88 bits per heavy atom. The van der Waals surface area contributed by atoms with Gasteiger partial charge in [-0.3, -0.25) is 14.2 Å². The van der Waals surface area contributed by atoms with Crippen molar-refractivity contribution in [2.24, 2.45) is 0 Å². The number of thiophene rings is 1. The van der Waals surface area contributed by atoms with E-state index >= 15 is 0 Å². The number of hydrogen-bond acceptors (Lipinski definition) is 4. The number of carbonyl (C=O) groups excluding carboxylic acids is 1. The predicted molar refractivity (Wildman–Crippen MR) is 106 cm³/mol. The Bertz CT molecular complexity index is 1000. The van der Waals surface area contributed by atoms with Crippen LogP contribution in [0.4, 0.5) is 0 Å². The molecule has 0 aliphatic heterocycles. The molecule has 0 saturated heterocycles. The van der Waals surface area contributed by atoms with Crippen molar-refractivity contribution in [1.29, 1.82) is 0 Å². The standard InChI is InChI=1S/C20H23N3O2S/c1-13-5-7-16(8-6-13)11-22(4)17(24)9-10-23-12-21-19-18(20(23)25)14(2)15(3)26-19/h5-8,12H,9-11H2,1-4H3. The van der Waals surface area contributed by atoms with Gasteiger partial charge in [0.1, 0.15) is 4.83 Å². The smallest absolute Gasteiger partial charge is 0.262 e. The van der Waals surface area contributed by atoms with E-state index in [0.717, 1.165) is 20.8 Å². The summed E-state index contributed by atoms with van der Waals surface area (Å²) in [6, 6.07) is 8.14. The third-order valence-corrected chi connectivity index (χ3v) is 5.80. The van der Waals surface area contributed by atoms with Gasteiger partial charge in [0.05, 0.1) is 11.7 Å². The Hall–Kier alpha value is -2.47. The largest absolute Gasteiger partial charge is 0.341 e. The van der Waals surface area contributed by atoms with Crippen LogP contribution >= 0.6 is 11.3 Å². The second kappa shape index (κ2) is 7.41. The van der Waals surface area contributed by atoms with Crippen molar-refractivity contribution in [2.75, 3.05) is 7.05 Å². The van der Waals surface area contributed by atoms with Crippen molar-refractivity contribution in [1.82, 2.24) is 14.5 Å². The predicted octanol–water partition coefficient (Wildman–Crippen LogP) is 3.43. The van der Waals surface area contributed by atoms with E-state index in [0.29, 0.717) is 18.5 Å². The zero-order valence-electron chi connectivity index (χ0n) is 15.6. The summed E-state index contributed by atoms with van der Waals surface area (Å²) in [5, 5.41) is 0.676. The van der Waals surface area contributed by atoms with Gasteiger partial charge in [-0.15, -0.1) is 11.3 Å². The van der Waals surface area contributed by atoms with E-state index in [4.69, 9.17) is 0 Å². The first-order valence-corrected chi connectivity index (χ1v) is 9.43. The number of aryl methyl sites for hydroxylation is 4. The maximum absolute atomic E-state index is 12.7. The molecule has 1 aromatic carbocycles. The molecule has 0 N–H and O–H groups in total. The molecule has 0 aliphatic rings. The molecule has 136 valence electrons. The van der Waals surface area contributed by atoms with Gasteiger partial charge < -0.3 is 4.90 Å². The first-order chi connectivity index (χ1) is 12.4. The average Bonchev–Trinajstić information content (AvgIpc) is 2.91. The second-order valence-corrected chi connectivity index (χ2v) is 7.90. The number of nitrogens with zero attached hydrogens (tertiary/aromatic N) is 3. The molecule has 0 fully saturated rings. The fraction of sp³-hybridized carbons (Fsp3) is 0.350. The van der Waals surface area contributed by atoms with E-state index in [1.807, 2.05) is 45.0 Å². The molecule has 0 spiro atoms. The molecule has 1 amide bonds. The zero-order valence-corrected chi connectivity index (χ0v) is 16.4. The summed E-state index contributed by atoms with van der Waals surface area (Å²) in [4.78, 5) is 33.0. The van der Waals surface area contributed by atoms with Gasteiger partial charge in [0.15, 0.2) is 0 Å². The molecule has 0 bridgehead atoms. The highest BCUT2D eigenvalue weighted by Gasteiger charge is 2.14. The lowest BCUT2D eigenvalue weighted by Gasteiger charge is -2.17. The first kappa shape index (κ1) is 18.3. The maximum Gasteiger partial charge on any atom is 0.262 e. The maximum atomic E-state index is 12.7. The third-order valence-electron chi connectivity index (χ3n) is 4.69. The van der Waals surface area contributed by atoms with E-state index in [1.165, 1.54) is 16.9 Å². The van der Waals surface area contributed by atoms with Gasteiger partial charge >= 0.3 is 0 Å². The number of amides is 1. The normalized spacial score (nSPS) is 11.1. The minimum Gasteiger partial charge on any atom is -0.341 e. The zero-order chi connectivity index (χ0) is 18.8. The van der Waals surface area contributed by atoms with Gasteiger partial charge in [0.25, 0.3) is 5.56 Å². The summed E-state index contributed by atoms with van der Waals surface area (Å²) >= 11 is 1.53. The number of rotatable bonds is 5.